The minimum atomic E-state index is 0.145. The van der Waals surface area contributed by atoms with E-state index in [1.54, 1.807) is 11.3 Å². The second kappa shape index (κ2) is 11.0. The largest absolute Gasteiger partial charge is 0.357 e. The molecule has 0 aliphatic carbocycles. The second-order valence-electron chi connectivity index (χ2n) is 7.28. The van der Waals surface area contributed by atoms with Crippen LogP contribution in [0.25, 0.3) is 0 Å². The number of guanidine groups is 1. The summed E-state index contributed by atoms with van der Waals surface area (Å²) >= 11 is 1.68. The molecule has 0 unspecified atom stereocenters. The highest BCUT2D eigenvalue weighted by Gasteiger charge is 2.17. The third-order valence-corrected chi connectivity index (χ3v) is 5.77. The van der Waals surface area contributed by atoms with E-state index in [-0.39, 0.29) is 5.91 Å². The lowest BCUT2D eigenvalue weighted by atomic mass is 10.1. The number of aliphatic imine (C=N–C) groups is 1. The molecule has 0 radical (unpaired) electrons. The Morgan fingerprint density at radius 1 is 1.17 bits per heavy atom. The maximum Gasteiger partial charge on any atom is 0.253 e. The topological polar surface area (TPSA) is 69.6 Å². The molecule has 2 heterocycles. The average molecular weight is 414 g/mol. The van der Waals surface area contributed by atoms with Crippen molar-refractivity contribution >= 4 is 23.2 Å². The van der Waals surface area contributed by atoms with E-state index in [9.17, 15) is 4.79 Å². The van der Waals surface area contributed by atoms with Crippen molar-refractivity contribution in [1.29, 1.82) is 0 Å². The Morgan fingerprint density at radius 3 is 2.59 bits per heavy atom. The molecule has 0 spiro atoms. The van der Waals surface area contributed by atoms with Gasteiger partial charge in [0.15, 0.2) is 5.96 Å². The molecule has 1 aliphatic heterocycles. The van der Waals surface area contributed by atoms with Gasteiger partial charge in [-0.2, -0.15) is 0 Å². The number of benzene rings is 1. The van der Waals surface area contributed by atoms with Crippen molar-refractivity contribution in [3.05, 3.63) is 51.5 Å². The van der Waals surface area contributed by atoms with Crippen LogP contribution >= 0.6 is 11.3 Å². The lowest BCUT2D eigenvalue weighted by molar-refractivity contribution is 0.0724. The molecule has 3 rings (SSSR count). The molecule has 0 saturated carbocycles. The SMILES string of the molecule is CCNC(=NCc1ccc(C(=O)N2CCCCC2)cc1)NCCc1csc(C)n1. The predicted octanol–water partition coefficient (Wildman–Crippen LogP) is 3.38. The number of carbonyl (C=O) groups excluding carboxylic acids is 1. The predicted molar refractivity (Wildman–Crippen MR) is 120 cm³/mol. The fourth-order valence-electron chi connectivity index (χ4n) is 3.38. The van der Waals surface area contributed by atoms with Crippen molar-refractivity contribution in [2.75, 3.05) is 26.2 Å². The third-order valence-electron chi connectivity index (χ3n) is 4.95. The number of thiazole rings is 1. The number of nitrogens with one attached hydrogen (secondary N) is 2. The molecule has 156 valence electrons. The fraction of sp³-hybridized carbons (Fsp3) is 0.500. The summed E-state index contributed by atoms with van der Waals surface area (Å²) in [6.45, 7) is 8.01. The third kappa shape index (κ3) is 6.56. The highest BCUT2D eigenvalue weighted by Crippen LogP contribution is 2.14. The number of carbonyl (C=O) groups is 1. The van der Waals surface area contributed by atoms with Crippen LogP contribution in [0, 0.1) is 6.92 Å². The van der Waals surface area contributed by atoms with Crippen LogP contribution in [0.2, 0.25) is 0 Å². The first kappa shape index (κ1) is 21.3. The van der Waals surface area contributed by atoms with Crippen LogP contribution in [0.5, 0.6) is 0 Å². The first-order chi connectivity index (χ1) is 14.2. The zero-order valence-corrected chi connectivity index (χ0v) is 18.2. The van der Waals surface area contributed by atoms with Gasteiger partial charge in [0, 0.05) is 43.5 Å². The van der Waals surface area contributed by atoms with Crippen LogP contribution in [0.4, 0.5) is 0 Å². The smallest absolute Gasteiger partial charge is 0.253 e. The summed E-state index contributed by atoms with van der Waals surface area (Å²) < 4.78 is 0. The quantitative estimate of drug-likeness (QED) is 0.539. The highest BCUT2D eigenvalue weighted by atomic mass is 32.1. The molecule has 7 heteroatoms. The molecule has 0 bridgehead atoms. The van der Waals surface area contributed by atoms with Gasteiger partial charge in [-0.15, -0.1) is 11.3 Å². The summed E-state index contributed by atoms with van der Waals surface area (Å²) in [6, 6.07) is 7.85. The van der Waals surface area contributed by atoms with Crippen LogP contribution in [-0.2, 0) is 13.0 Å². The van der Waals surface area contributed by atoms with Crippen LogP contribution in [-0.4, -0.2) is 47.9 Å². The van der Waals surface area contributed by atoms with E-state index in [0.717, 1.165) is 73.2 Å². The maximum absolute atomic E-state index is 12.6. The zero-order chi connectivity index (χ0) is 20.5. The Balaban J connectivity index is 1.52. The number of nitrogens with zero attached hydrogens (tertiary/aromatic N) is 3. The van der Waals surface area contributed by atoms with E-state index in [1.165, 1.54) is 6.42 Å². The fourth-order valence-corrected chi connectivity index (χ4v) is 4.02. The van der Waals surface area contributed by atoms with Gasteiger partial charge in [0.05, 0.1) is 17.2 Å². The summed E-state index contributed by atoms with van der Waals surface area (Å²) in [5.74, 6) is 0.944. The molecule has 6 nitrogen and oxygen atoms in total. The first-order valence-corrected chi connectivity index (χ1v) is 11.3. The Bertz CT molecular complexity index is 809. The number of aryl methyl sites for hydroxylation is 1. The Kier molecular flexibility index (Phi) is 8.04. The highest BCUT2D eigenvalue weighted by molar-refractivity contribution is 7.09. The van der Waals surface area contributed by atoms with Gasteiger partial charge in [-0.3, -0.25) is 4.79 Å². The molecule has 1 aromatic heterocycles. The molecule has 29 heavy (non-hydrogen) atoms. The van der Waals surface area contributed by atoms with Gasteiger partial charge in [-0.1, -0.05) is 12.1 Å². The summed E-state index contributed by atoms with van der Waals surface area (Å²) in [5.41, 5.74) is 2.97. The molecule has 1 aromatic carbocycles. The summed E-state index contributed by atoms with van der Waals surface area (Å²) in [6.07, 6.45) is 4.33. The van der Waals surface area contributed by atoms with Gasteiger partial charge in [-0.05, 0) is 50.8 Å². The lowest BCUT2D eigenvalue weighted by Gasteiger charge is -2.26. The van der Waals surface area contributed by atoms with Crippen LogP contribution in [0.15, 0.2) is 34.6 Å². The number of hydrogen-bond donors (Lipinski definition) is 2. The van der Waals surface area contributed by atoms with Gasteiger partial charge in [0.1, 0.15) is 0 Å². The normalized spacial score (nSPS) is 14.7. The monoisotopic (exact) mass is 413 g/mol. The number of amides is 1. The summed E-state index contributed by atoms with van der Waals surface area (Å²) in [5, 5.41) is 9.85. The Hall–Kier alpha value is -2.41. The van der Waals surface area contributed by atoms with Gasteiger partial charge >= 0.3 is 0 Å². The molecule has 0 atom stereocenters. The minimum Gasteiger partial charge on any atom is -0.357 e. The Morgan fingerprint density at radius 2 is 1.93 bits per heavy atom. The molecule has 1 fully saturated rings. The molecule has 1 saturated heterocycles. The second-order valence-corrected chi connectivity index (χ2v) is 8.34. The Labute approximate surface area is 177 Å². The number of piperidine rings is 1. The van der Waals surface area contributed by atoms with Crippen molar-refractivity contribution in [3.8, 4) is 0 Å². The van der Waals surface area contributed by atoms with E-state index in [1.807, 2.05) is 36.1 Å². The summed E-state index contributed by atoms with van der Waals surface area (Å²) in [7, 11) is 0. The van der Waals surface area contributed by atoms with Crippen molar-refractivity contribution in [1.82, 2.24) is 20.5 Å². The van der Waals surface area contributed by atoms with E-state index < -0.39 is 0 Å². The zero-order valence-electron chi connectivity index (χ0n) is 17.4. The minimum absolute atomic E-state index is 0.145. The van der Waals surface area contributed by atoms with Gasteiger partial charge in [0.25, 0.3) is 5.91 Å². The standard InChI is InChI=1S/C22H31N5OS/c1-3-23-22(24-12-11-20-16-29-17(2)26-20)25-15-18-7-9-19(10-8-18)21(28)27-13-5-4-6-14-27/h7-10,16H,3-6,11-15H2,1-2H3,(H2,23,24,25). The van der Waals surface area contributed by atoms with Crippen molar-refractivity contribution < 1.29 is 4.79 Å². The number of hydrogen-bond acceptors (Lipinski definition) is 4. The number of rotatable bonds is 7. The number of likely N-dealkylation sites (tertiary alicyclic amines) is 1. The molecular weight excluding hydrogens is 382 g/mol. The first-order valence-electron chi connectivity index (χ1n) is 10.5. The van der Waals surface area contributed by atoms with Crippen molar-refractivity contribution in [3.63, 3.8) is 0 Å². The molecule has 2 N–H and O–H groups in total. The molecule has 2 aromatic rings. The maximum atomic E-state index is 12.6. The number of aromatic nitrogens is 1. The van der Waals surface area contributed by atoms with Gasteiger partial charge < -0.3 is 15.5 Å². The van der Waals surface area contributed by atoms with Gasteiger partial charge in [0.2, 0.25) is 0 Å². The van der Waals surface area contributed by atoms with Crippen LogP contribution in [0.3, 0.4) is 0 Å². The van der Waals surface area contributed by atoms with E-state index >= 15 is 0 Å². The lowest BCUT2D eigenvalue weighted by Crippen LogP contribution is -2.38. The molecule has 1 amide bonds. The van der Waals surface area contributed by atoms with Crippen LogP contribution in [0.1, 0.15) is 52.8 Å². The van der Waals surface area contributed by atoms with Gasteiger partial charge in [-0.25, -0.2) is 9.98 Å². The molecule has 1 aliphatic rings. The van der Waals surface area contributed by atoms with Crippen molar-refractivity contribution in [2.24, 2.45) is 4.99 Å². The van der Waals surface area contributed by atoms with E-state index in [2.05, 4.69) is 32.9 Å². The van der Waals surface area contributed by atoms with Crippen LogP contribution < -0.4 is 10.6 Å². The van der Waals surface area contributed by atoms with E-state index in [4.69, 9.17) is 0 Å². The molecular formula is C22H31N5OS. The van der Waals surface area contributed by atoms with Crippen molar-refractivity contribution in [2.45, 2.75) is 46.1 Å². The van der Waals surface area contributed by atoms with E-state index in [0.29, 0.717) is 6.54 Å². The average Bonchev–Trinajstić information content (AvgIpc) is 3.17. The summed E-state index contributed by atoms with van der Waals surface area (Å²) in [4.78, 5) is 23.7.